The number of allylic oxidation sites excluding steroid dienone is 6. The maximum Gasteiger partial charge on any atom is 0.305 e. The minimum absolute atomic E-state index is 0.149. The predicted octanol–water partition coefficient (Wildman–Crippen LogP) is 9.64. The Balaban J connectivity index is 3.63. The molecule has 0 radical (unpaired) electrons. The Morgan fingerprint density at radius 2 is 1.07 bits per heavy atom. The van der Waals surface area contributed by atoms with E-state index in [-0.39, 0.29) is 31.6 Å². The molecule has 0 spiro atoms. The Labute approximate surface area is 270 Å². The molecule has 254 valence electrons. The van der Waals surface area contributed by atoms with Crippen molar-refractivity contribution in [3.05, 3.63) is 48.6 Å². The van der Waals surface area contributed by atoms with Gasteiger partial charge in [0.15, 0.2) is 0 Å². The lowest BCUT2D eigenvalue weighted by Crippen LogP contribution is -2.25. The standard InChI is InChI=1S/C38H66O6/c1-3-5-7-9-11-12-13-14-15-19-23-27-31-37(41)43-33-36(40)34-44-38(42)32-28-24-20-16-18-22-26-30-35(39)29-25-21-17-10-8-6-4-2/h16-17,20-22,25-26,29,35-36,39-40H,3-15,18-19,23-24,27-28,30-34H2,1-2H3/b20-16+,21-17-,26-22-,29-25-/t35-,36-/m1/s1. The number of hydrogen-bond acceptors (Lipinski definition) is 6. The monoisotopic (exact) mass is 618 g/mol. The van der Waals surface area contributed by atoms with Crippen LogP contribution in [0.4, 0.5) is 0 Å². The van der Waals surface area contributed by atoms with Crippen LogP contribution in [-0.2, 0) is 19.1 Å². The number of aliphatic hydroxyl groups excluding tert-OH is 2. The zero-order valence-corrected chi connectivity index (χ0v) is 28.3. The van der Waals surface area contributed by atoms with Crippen LogP contribution in [0.3, 0.4) is 0 Å². The summed E-state index contributed by atoms with van der Waals surface area (Å²) in [5.74, 6) is -0.670. The molecule has 0 aromatic carbocycles. The van der Waals surface area contributed by atoms with Crippen LogP contribution in [0.5, 0.6) is 0 Å². The average molecular weight is 619 g/mol. The van der Waals surface area contributed by atoms with Crippen molar-refractivity contribution >= 4 is 11.9 Å². The fourth-order valence-electron chi connectivity index (χ4n) is 4.63. The number of hydrogen-bond donors (Lipinski definition) is 2. The lowest BCUT2D eigenvalue weighted by Gasteiger charge is -2.12. The van der Waals surface area contributed by atoms with Gasteiger partial charge in [-0.1, -0.05) is 146 Å². The van der Waals surface area contributed by atoms with Crippen molar-refractivity contribution in [3.8, 4) is 0 Å². The second-order valence-electron chi connectivity index (χ2n) is 11.8. The zero-order valence-electron chi connectivity index (χ0n) is 28.3. The third-order valence-corrected chi connectivity index (χ3v) is 7.40. The predicted molar refractivity (Wildman–Crippen MR) is 183 cm³/mol. The van der Waals surface area contributed by atoms with Gasteiger partial charge in [0.25, 0.3) is 0 Å². The van der Waals surface area contributed by atoms with Gasteiger partial charge in [0.05, 0.1) is 6.10 Å². The first-order chi connectivity index (χ1) is 21.5. The number of ether oxygens (including phenoxy) is 2. The van der Waals surface area contributed by atoms with Gasteiger partial charge < -0.3 is 19.7 Å². The van der Waals surface area contributed by atoms with Crippen molar-refractivity contribution in [1.29, 1.82) is 0 Å². The lowest BCUT2D eigenvalue weighted by atomic mass is 10.0. The van der Waals surface area contributed by atoms with Crippen LogP contribution < -0.4 is 0 Å². The molecule has 0 aliphatic heterocycles. The minimum atomic E-state index is -1.00. The molecule has 0 saturated carbocycles. The van der Waals surface area contributed by atoms with Crippen molar-refractivity contribution < 1.29 is 29.3 Å². The first-order valence-electron chi connectivity index (χ1n) is 17.8. The van der Waals surface area contributed by atoms with Crippen molar-refractivity contribution in [2.45, 2.75) is 167 Å². The number of carbonyl (C=O) groups is 2. The van der Waals surface area contributed by atoms with E-state index in [2.05, 4.69) is 19.9 Å². The van der Waals surface area contributed by atoms with E-state index in [4.69, 9.17) is 9.47 Å². The molecule has 0 saturated heterocycles. The Morgan fingerprint density at radius 1 is 0.568 bits per heavy atom. The maximum atomic E-state index is 11.9. The first-order valence-corrected chi connectivity index (χ1v) is 17.8. The number of carbonyl (C=O) groups excluding carboxylic acids is 2. The van der Waals surface area contributed by atoms with Gasteiger partial charge in [-0.05, 0) is 44.9 Å². The van der Waals surface area contributed by atoms with Gasteiger partial charge in [0.1, 0.15) is 19.3 Å². The molecule has 0 aliphatic rings. The molecule has 0 unspecified atom stereocenters. The van der Waals surface area contributed by atoms with Crippen LogP contribution in [-0.4, -0.2) is 47.6 Å². The molecule has 44 heavy (non-hydrogen) atoms. The Kier molecular flexibility index (Phi) is 32.0. The van der Waals surface area contributed by atoms with E-state index in [0.29, 0.717) is 19.3 Å². The summed E-state index contributed by atoms with van der Waals surface area (Å²) in [4.78, 5) is 23.8. The lowest BCUT2D eigenvalue weighted by molar-refractivity contribution is -0.152. The molecule has 2 atom stereocenters. The van der Waals surface area contributed by atoms with Crippen LogP contribution in [0.2, 0.25) is 0 Å². The molecule has 0 fully saturated rings. The van der Waals surface area contributed by atoms with Gasteiger partial charge in [0, 0.05) is 12.8 Å². The topological polar surface area (TPSA) is 93.1 Å². The van der Waals surface area contributed by atoms with E-state index in [0.717, 1.165) is 38.5 Å². The molecular formula is C38H66O6. The SMILES string of the molecule is CCCCC/C=C\C=C/[C@@H](O)C/C=C\C/C=C/CCCC(=O)OC[C@H](O)COC(=O)CCCCCCCCCCCCCC. The Bertz CT molecular complexity index is 769. The van der Waals surface area contributed by atoms with Crippen molar-refractivity contribution in [2.75, 3.05) is 13.2 Å². The molecule has 2 N–H and O–H groups in total. The highest BCUT2D eigenvalue weighted by atomic mass is 16.6. The van der Waals surface area contributed by atoms with Gasteiger partial charge in [-0.15, -0.1) is 0 Å². The molecular weight excluding hydrogens is 552 g/mol. The fourth-order valence-corrected chi connectivity index (χ4v) is 4.63. The van der Waals surface area contributed by atoms with Gasteiger partial charge in [-0.25, -0.2) is 0 Å². The summed E-state index contributed by atoms with van der Waals surface area (Å²) in [6.45, 7) is 4.13. The quantitative estimate of drug-likeness (QED) is 0.0348. The third kappa shape index (κ3) is 32.7. The molecule has 0 amide bonds. The van der Waals surface area contributed by atoms with Crippen molar-refractivity contribution in [1.82, 2.24) is 0 Å². The molecule has 0 aromatic heterocycles. The van der Waals surface area contributed by atoms with Crippen LogP contribution >= 0.6 is 0 Å². The van der Waals surface area contributed by atoms with Crippen LogP contribution in [0.25, 0.3) is 0 Å². The second kappa shape index (κ2) is 33.7. The summed E-state index contributed by atoms with van der Waals surface area (Å²) in [7, 11) is 0. The van der Waals surface area contributed by atoms with E-state index in [1.807, 2.05) is 42.5 Å². The highest BCUT2D eigenvalue weighted by Gasteiger charge is 2.12. The summed E-state index contributed by atoms with van der Waals surface area (Å²) in [5, 5.41) is 19.9. The first kappa shape index (κ1) is 41.8. The zero-order chi connectivity index (χ0) is 32.4. The summed E-state index contributed by atoms with van der Waals surface area (Å²) < 4.78 is 10.2. The van der Waals surface area contributed by atoms with Crippen LogP contribution in [0.15, 0.2) is 48.6 Å². The number of esters is 2. The number of unbranched alkanes of at least 4 members (excludes halogenated alkanes) is 15. The van der Waals surface area contributed by atoms with Crippen molar-refractivity contribution in [2.24, 2.45) is 0 Å². The molecule has 0 rings (SSSR count). The fraction of sp³-hybridized carbons (Fsp3) is 0.737. The van der Waals surface area contributed by atoms with E-state index in [9.17, 15) is 19.8 Å². The van der Waals surface area contributed by atoms with Gasteiger partial charge >= 0.3 is 11.9 Å². The van der Waals surface area contributed by atoms with E-state index in [1.165, 1.54) is 77.0 Å². The molecule has 0 aromatic rings. The molecule has 0 bridgehead atoms. The molecule has 6 nitrogen and oxygen atoms in total. The average Bonchev–Trinajstić information content (AvgIpc) is 3.02. The van der Waals surface area contributed by atoms with Crippen LogP contribution in [0.1, 0.15) is 155 Å². The minimum Gasteiger partial charge on any atom is -0.463 e. The maximum absolute atomic E-state index is 11.9. The number of aliphatic hydroxyl groups is 2. The molecule has 0 aliphatic carbocycles. The van der Waals surface area contributed by atoms with E-state index < -0.39 is 12.2 Å². The van der Waals surface area contributed by atoms with E-state index in [1.54, 1.807) is 0 Å². The second-order valence-corrected chi connectivity index (χ2v) is 11.8. The summed E-state index contributed by atoms with van der Waals surface area (Å²) in [6, 6.07) is 0. The largest absolute Gasteiger partial charge is 0.463 e. The van der Waals surface area contributed by atoms with Crippen molar-refractivity contribution in [3.63, 3.8) is 0 Å². The Hall–Kier alpha value is -2.18. The smallest absolute Gasteiger partial charge is 0.305 e. The van der Waals surface area contributed by atoms with Gasteiger partial charge in [0.2, 0.25) is 0 Å². The van der Waals surface area contributed by atoms with E-state index >= 15 is 0 Å². The summed E-state index contributed by atoms with van der Waals surface area (Å²) in [5.41, 5.74) is 0. The third-order valence-electron chi connectivity index (χ3n) is 7.40. The number of rotatable bonds is 31. The highest BCUT2D eigenvalue weighted by molar-refractivity contribution is 5.69. The van der Waals surface area contributed by atoms with Gasteiger partial charge in [-0.2, -0.15) is 0 Å². The summed E-state index contributed by atoms with van der Waals surface area (Å²) >= 11 is 0. The normalized spacial score (nSPS) is 13.5. The Morgan fingerprint density at radius 3 is 1.68 bits per heavy atom. The highest BCUT2D eigenvalue weighted by Crippen LogP contribution is 2.13. The summed E-state index contributed by atoms with van der Waals surface area (Å²) in [6.07, 6.45) is 37.6. The van der Waals surface area contributed by atoms with Gasteiger partial charge in [-0.3, -0.25) is 9.59 Å². The molecule has 0 heterocycles. The van der Waals surface area contributed by atoms with Crippen LogP contribution in [0, 0.1) is 0 Å². The molecule has 6 heteroatoms.